The molecule has 2 N–H and O–H groups in total. The number of aliphatic hydroxyl groups excluding tert-OH is 1. The number of benzene rings is 1. The van der Waals surface area contributed by atoms with E-state index in [0.717, 1.165) is 6.07 Å². The molecule has 1 atom stereocenters. The van der Waals surface area contributed by atoms with Crippen LogP contribution in [0.15, 0.2) is 23.1 Å². The molecule has 5 nitrogen and oxygen atoms in total. The highest BCUT2D eigenvalue weighted by Crippen LogP contribution is 2.19. The Morgan fingerprint density at radius 1 is 1.39 bits per heavy atom. The van der Waals surface area contributed by atoms with Gasteiger partial charge in [-0.25, -0.2) is 13.2 Å². The second-order valence-electron chi connectivity index (χ2n) is 4.24. The first-order valence-corrected chi connectivity index (χ1v) is 7.14. The molecule has 0 aromatic heterocycles. The highest BCUT2D eigenvalue weighted by molar-refractivity contribution is 7.91. The fraction of sp³-hybridized carbons (Fsp3) is 0.417. The van der Waals surface area contributed by atoms with Crippen molar-refractivity contribution in [3.8, 4) is 0 Å². The molecule has 0 aliphatic heterocycles. The van der Waals surface area contributed by atoms with Gasteiger partial charge in [0.1, 0.15) is 0 Å². The van der Waals surface area contributed by atoms with Crippen molar-refractivity contribution >= 4 is 15.8 Å². The molecule has 100 valence electrons. The third-order valence-electron chi connectivity index (χ3n) is 2.57. The Kier molecular flexibility index (Phi) is 4.48. The molecule has 1 unspecified atom stereocenters. The zero-order valence-electron chi connectivity index (χ0n) is 10.3. The Bertz CT molecular complexity index is 546. The number of aromatic carboxylic acids is 1. The maximum Gasteiger partial charge on any atom is 0.335 e. The lowest BCUT2D eigenvalue weighted by molar-refractivity contribution is 0.0696. The second kappa shape index (κ2) is 5.49. The molecule has 0 saturated carbocycles. The maximum atomic E-state index is 12.0. The lowest BCUT2D eigenvalue weighted by Crippen LogP contribution is -2.14. The van der Waals surface area contributed by atoms with Gasteiger partial charge >= 0.3 is 5.97 Å². The summed E-state index contributed by atoms with van der Waals surface area (Å²) in [5, 5.41) is 18.0. The van der Waals surface area contributed by atoms with Crippen LogP contribution in [0.4, 0.5) is 0 Å². The summed E-state index contributed by atoms with van der Waals surface area (Å²) in [5.74, 6) is -1.36. The summed E-state index contributed by atoms with van der Waals surface area (Å²) in [6.07, 6.45) is -0.582. The van der Waals surface area contributed by atoms with Gasteiger partial charge in [0, 0.05) is 0 Å². The Morgan fingerprint density at radius 2 is 2.00 bits per heavy atom. The SMILES string of the molecule is Cc1ccc(C(=O)O)cc1S(=O)(=O)CCC(C)O. The minimum atomic E-state index is -3.57. The van der Waals surface area contributed by atoms with E-state index in [4.69, 9.17) is 10.2 Å². The molecule has 0 amide bonds. The average molecular weight is 272 g/mol. The Balaban J connectivity index is 3.15. The molecule has 0 aliphatic rings. The van der Waals surface area contributed by atoms with E-state index in [1.165, 1.54) is 19.1 Å². The van der Waals surface area contributed by atoms with Crippen molar-refractivity contribution in [3.05, 3.63) is 29.3 Å². The molecule has 18 heavy (non-hydrogen) atoms. The quantitative estimate of drug-likeness (QED) is 0.841. The van der Waals surface area contributed by atoms with E-state index in [1.807, 2.05) is 0 Å². The van der Waals surface area contributed by atoms with E-state index in [0.29, 0.717) is 5.56 Å². The minimum Gasteiger partial charge on any atom is -0.478 e. The number of aliphatic hydroxyl groups is 1. The molecule has 0 saturated heterocycles. The number of sulfone groups is 1. The van der Waals surface area contributed by atoms with Crippen molar-refractivity contribution in [1.82, 2.24) is 0 Å². The van der Waals surface area contributed by atoms with Gasteiger partial charge in [0.2, 0.25) is 0 Å². The predicted molar refractivity (Wildman–Crippen MR) is 66.5 cm³/mol. The summed E-state index contributed by atoms with van der Waals surface area (Å²) < 4.78 is 24.1. The summed E-state index contributed by atoms with van der Waals surface area (Å²) in [4.78, 5) is 10.8. The molecule has 0 spiro atoms. The van der Waals surface area contributed by atoms with E-state index in [9.17, 15) is 13.2 Å². The number of carbonyl (C=O) groups is 1. The van der Waals surface area contributed by atoms with Crippen LogP contribution in [0.1, 0.15) is 29.3 Å². The number of rotatable bonds is 5. The van der Waals surface area contributed by atoms with Crippen LogP contribution in [0.2, 0.25) is 0 Å². The first-order chi connectivity index (χ1) is 8.24. The van der Waals surface area contributed by atoms with Crippen LogP contribution in [-0.4, -0.2) is 36.5 Å². The summed E-state index contributed by atoms with van der Waals surface area (Å²) in [7, 11) is -3.57. The first-order valence-electron chi connectivity index (χ1n) is 5.49. The van der Waals surface area contributed by atoms with Gasteiger partial charge in [0.15, 0.2) is 9.84 Å². The van der Waals surface area contributed by atoms with Crippen LogP contribution >= 0.6 is 0 Å². The normalized spacial score (nSPS) is 13.3. The number of hydrogen-bond acceptors (Lipinski definition) is 4. The van der Waals surface area contributed by atoms with Crippen LogP contribution < -0.4 is 0 Å². The van der Waals surface area contributed by atoms with Crippen molar-refractivity contribution in [2.75, 3.05) is 5.75 Å². The van der Waals surface area contributed by atoms with Gasteiger partial charge in [0.25, 0.3) is 0 Å². The van der Waals surface area contributed by atoms with Gasteiger partial charge in [-0.3, -0.25) is 0 Å². The van der Waals surface area contributed by atoms with Gasteiger partial charge < -0.3 is 10.2 Å². The van der Waals surface area contributed by atoms with Gasteiger partial charge in [-0.1, -0.05) is 6.07 Å². The van der Waals surface area contributed by atoms with E-state index >= 15 is 0 Å². The molecule has 0 heterocycles. The zero-order chi connectivity index (χ0) is 13.9. The average Bonchev–Trinajstić information content (AvgIpc) is 2.26. The smallest absolute Gasteiger partial charge is 0.335 e. The molecule has 1 rings (SSSR count). The van der Waals surface area contributed by atoms with Crippen LogP contribution in [-0.2, 0) is 9.84 Å². The van der Waals surface area contributed by atoms with Gasteiger partial charge in [-0.05, 0) is 38.0 Å². The molecule has 0 bridgehead atoms. The van der Waals surface area contributed by atoms with E-state index < -0.39 is 21.9 Å². The van der Waals surface area contributed by atoms with E-state index in [-0.39, 0.29) is 22.6 Å². The lowest BCUT2D eigenvalue weighted by atomic mass is 10.1. The number of carboxylic acid groups (broad SMARTS) is 1. The monoisotopic (exact) mass is 272 g/mol. The van der Waals surface area contributed by atoms with Crippen LogP contribution in [0, 0.1) is 6.92 Å². The van der Waals surface area contributed by atoms with Crippen LogP contribution in [0.5, 0.6) is 0 Å². The number of carboxylic acids is 1. The van der Waals surface area contributed by atoms with Crippen molar-refractivity contribution in [2.45, 2.75) is 31.3 Å². The van der Waals surface area contributed by atoms with Crippen molar-refractivity contribution in [3.63, 3.8) is 0 Å². The Morgan fingerprint density at radius 3 is 2.50 bits per heavy atom. The first kappa shape index (κ1) is 14.7. The molecular formula is C12H16O5S. The highest BCUT2D eigenvalue weighted by atomic mass is 32.2. The highest BCUT2D eigenvalue weighted by Gasteiger charge is 2.19. The maximum absolute atomic E-state index is 12.0. The standard InChI is InChI=1S/C12H16O5S/c1-8-3-4-10(12(14)15)7-11(8)18(16,17)6-5-9(2)13/h3-4,7,9,13H,5-6H2,1-2H3,(H,14,15). The van der Waals surface area contributed by atoms with Gasteiger partial charge in [-0.15, -0.1) is 0 Å². The topological polar surface area (TPSA) is 91.7 Å². The van der Waals surface area contributed by atoms with E-state index in [1.54, 1.807) is 6.92 Å². The third-order valence-corrected chi connectivity index (χ3v) is 4.46. The second-order valence-corrected chi connectivity index (χ2v) is 6.32. The molecule has 0 aliphatic carbocycles. The summed E-state index contributed by atoms with van der Waals surface area (Å²) in [6.45, 7) is 3.12. The largest absolute Gasteiger partial charge is 0.478 e. The molecule has 0 fully saturated rings. The molecular weight excluding hydrogens is 256 g/mol. The zero-order valence-corrected chi connectivity index (χ0v) is 11.1. The number of hydrogen-bond donors (Lipinski definition) is 2. The molecule has 6 heteroatoms. The number of aryl methyl sites for hydroxylation is 1. The minimum absolute atomic E-state index is 0.0167. The Labute approximate surface area is 106 Å². The van der Waals surface area contributed by atoms with Gasteiger partial charge in [0.05, 0.1) is 22.3 Å². The predicted octanol–water partition coefficient (Wildman–Crippen LogP) is 1.24. The van der Waals surface area contributed by atoms with Gasteiger partial charge in [-0.2, -0.15) is 0 Å². The van der Waals surface area contributed by atoms with Crippen LogP contribution in [0.25, 0.3) is 0 Å². The van der Waals surface area contributed by atoms with E-state index in [2.05, 4.69) is 0 Å². The van der Waals surface area contributed by atoms with Crippen molar-refractivity contribution < 1.29 is 23.4 Å². The fourth-order valence-electron chi connectivity index (χ4n) is 1.50. The molecule has 0 radical (unpaired) electrons. The third kappa shape index (κ3) is 3.54. The molecule has 1 aromatic carbocycles. The summed E-state index contributed by atoms with van der Waals surface area (Å²) in [6, 6.07) is 4.00. The summed E-state index contributed by atoms with van der Waals surface area (Å²) in [5.41, 5.74) is 0.446. The van der Waals surface area contributed by atoms with Crippen LogP contribution in [0.3, 0.4) is 0 Å². The molecule has 1 aromatic rings. The van der Waals surface area contributed by atoms with Crippen molar-refractivity contribution in [2.24, 2.45) is 0 Å². The van der Waals surface area contributed by atoms with Crippen molar-refractivity contribution in [1.29, 1.82) is 0 Å². The fourth-order valence-corrected chi connectivity index (χ4v) is 3.24. The summed E-state index contributed by atoms with van der Waals surface area (Å²) >= 11 is 0. The Hall–Kier alpha value is -1.40. The lowest BCUT2D eigenvalue weighted by Gasteiger charge is -2.09.